The van der Waals surface area contributed by atoms with E-state index in [1.807, 2.05) is 12.1 Å². The number of methoxy groups -OCH3 is 1. The van der Waals surface area contributed by atoms with Crippen LogP contribution in [0.25, 0.3) is 0 Å². The van der Waals surface area contributed by atoms with E-state index in [-0.39, 0.29) is 5.41 Å². The van der Waals surface area contributed by atoms with E-state index in [4.69, 9.17) is 9.47 Å². The van der Waals surface area contributed by atoms with Crippen molar-refractivity contribution in [2.45, 2.75) is 26.2 Å². The van der Waals surface area contributed by atoms with Crippen LogP contribution in [-0.2, 0) is 5.41 Å². The third-order valence-corrected chi connectivity index (χ3v) is 3.15. The second-order valence-corrected chi connectivity index (χ2v) is 5.69. The lowest BCUT2D eigenvalue weighted by Gasteiger charge is -2.19. The lowest BCUT2D eigenvalue weighted by atomic mass is 9.87. The zero-order valence-electron chi connectivity index (χ0n) is 13.1. The third-order valence-electron chi connectivity index (χ3n) is 3.15. The van der Waals surface area contributed by atoms with Crippen molar-refractivity contribution in [1.82, 2.24) is 9.97 Å². The van der Waals surface area contributed by atoms with E-state index >= 15 is 0 Å². The average molecular weight is 287 g/mol. The Kier molecular flexibility index (Phi) is 4.31. The summed E-state index contributed by atoms with van der Waals surface area (Å²) in [4.78, 5) is 8.22. The Balaban J connectivity index is 2.26. The molecular formula is C16H21N3O2. The maximum atomic E-state index is 5.79. The number of nitrogens with zero attached hydrogens (tertiary/aromatic N) is 2. The van der Waals surface area contributed by atoms with Gasteiger partial charge >= 0.3 is 0 Å². The molecule has 0 bridgehead atoms. The molecule has 5 nitrogen and oxygen atoms in total. The molecule has 0 amide bonds. The van der Waals surface area contributed by atoms with Crippen molar-refractivity contribution < 1.29 is 9.47 Å². The summed E-state index contributed by atoms with van der Waals surface area (Å²) in [7, 11) is 3.34. The largest absolute Gasteiger partial charge is 0.489 e. The topological polar surface area (TPSA) is 56.3 Å². The molecule has 112 valence electrons. The van der Waals surface area contributed by atoms with Gasteiger partial charge in [-0.1, -0.05) is 32.9 Å². The van der Waals surface area contributed by atoms with Gasteiger partial charge in [-0.15, -0.1) is 0 Å². The van der Waals surface area contributed by atoms with Gasteiger partial charge in [0.15, 0.2) is 5.82 Å². The molecule has 1 heterocycles. The van der Waals surface area contributed by atoms with Gasteiger partial charge in [0.2, 0.25) is 5.75 Å². The number of hydrogen-bond acceptors (Lipinski definition) is 5. The highest BCUT2D eigenvalue weighted by Crippen LogP contribution is 2.34. The molecule has 1 aromatic heterocycles. The van der Waals surface area contributed by atoms with Crippen LogP contribution in [-0.4, -0.2) is 24.1 Å². The molecule has 0 aliphatic carbocycles. The van der Waals surface area contributed by atoms with E-state index in [9.17, 15) is 0 Å². The molecule has 0 spiro atoms. The number of benzene rings is 1. The lowest BCUT2D eigenvalue weighted by Crippen LogP contribution is -2.10. The number of aromatic nitrogens is 2. The first-order valence-electron chi connectivity index (χ1n) is 6.81. The predicted octanol–water partition coefficient (Wildman–Crippen LogP) is 3.62. The molecule has 2 rings (SSSR count). The first-order valence-corrected chi connectivity index (χ1v) is 6.81. The predicted molar refractivity (Wildman–Crippen MR) is 83.3 cm³/mol. The van der Waals surface area contributed by atoms with Gasteiger partial charge in [-0.05, 0) is 23.1 Å². The number of nitrogens with one attached hydrogen (secondary N) is 1. The molecule has 0 atom stereocenters. The zero-order valence-corrected chi connectivity index (χ0v) is 13.1. The van der Waals surface area contributed by atoms with Crippen LogP contribution in [0.15, 0.2) is 30.6 Å². The summed E-state index contributed by atoms with van der Waals surface area (Å²) in [6.45, 7) is 6.53. The Morgan fingerprint density at radius 1 is 1.05 bits per heavy atom. The highest BCUT2D eigenvalue weighted by molar-refractivity contribution is 5.55. The highest BCUT2D eigenvalue weighted by Gasteiger charge is 2.15. The maximum Gasteiger partial charge on any atom is 0.268 e. The Morgan fingerprint density at radius 3 is 2.24 bits per heavy atom. The van der Waals surface area contributed by atoms with Crippen LogP contribution >= 0.6 is 0 Å². The number of anilines is 1. The monoisotopic (exact) mass is 287 g/mol. The van der Waals surface area contributed by atoms with Gasteiger partial charge < -0.3 is 14.8 Å². The summed E-state index contributed by atoms with van der Waals surface area (Å²) in [6.07, 6.45) is 1.44. The van der Waals surface area contributed by atoms with Gasteiger partial charge in [-0.3, -0.25) is 0 Å². The van der Waals surface area contributed by atoms with Crippen LogP contribution in [0.5, 0.6) is 17.4 Å². The van der Waals surface area contributed by atoms with Gasteiger partial charge in [0.05, 0.1) is 7.11 Å². The quantitative estimate of drug-likeness (QED) is 0.930. The normalized spacial score (nSPS) is 11.1. The molecule has 0 aliphatic heterocycles. The van der Waals surface area contributed by atoms with E-state index in [1.165, 1.54) is 11.9 Å². The van der Waals surface area contributed by atoms with E-state index in [0.29, 0.717) is 23.2 Å². The first-order chi connectivity index (χ1) is 9.95. The summed E-state index contributed by atoms with van der Waals surface area (Å²) in [5, 5.41) is 2.95. The van der Waals surface area contributed by atoms with Crippen LogP contribution in [0.4, 0.5) is 5.82 Å². The molecule has 21 heavy (non-hydrogen) atoms. The molecule has 0 saturated carbocycles. The lowest BCUT2D eigenvalue weighted by molar-refractivity contribution is 0.369. The van der Waals surface area contributed by atoms with Gasteiger partial charge in [0, 0.05) is 7.05 Å². The maximum absolute atomic E-state index is 5.79. The minimum atomic E-state index is 0.116. The van der Waals surface area contributed by atoms with Crippen molar-refractivity contribution in [2.24, 2.45) is 0 Å². The van der Waals surface area contributed by atoms with Crippen LogP contribution in [0.3, 0.4) is 0 Å². The molecular weight excluding hydrogens is 266 g/mol. The van der Waals surface area contributed by atoms with Gasteiger partial charge in [-0.25, -0.2) is 4.98 Å². The van der Waals surface area contributed by atoms with E-state index in [1.54, 1.807) is 14.2 Å². The van der Waals surface area contributed by atoms with Crippen LogP contribution < -0.4 is 14.8 Å². The minimum absolute atomic E-state index is 0.116. The fourth-order valence-corrected chi connectivity index (χ4v) is 1.93. The fourth-order valence-electron chi connectivity index (χ4n) is 1.93. The van der Waals surface area contributed by atoms with Gasteiger partial charge in [0.25, 0.3) is 5.88 Å². The molecule has 0 unspecified atom stereocenters. The molecule has 1 aromatic carbocycles. The van der Waals surface area contributed by atoms with Gasteiger partial charge in [0.1, 0.15) is 12.1 Å². The zero-order chi connectivity index (χ0) is 15.5. The van der Waals surface area contributed by atoms with E-state index in [2.05, 4.69) is 48.2 Å². The molecule has 0 aliphatic rings. The SMILES string of the molecule is CNc1ncnc(Oc2ccc(C(C)(C)C)cc2)c1OC. The summed E-state index contributed by atoms with van der Waals surface area (Å²) in [5.74, 6) is 2.18. The fraction of sp³-hybridized carbons (Fsp3) is 0.375. The Morgan fingerprint density at radius 2 is 1.71 bits per heavy atom. The number of ether oxygens (including phenoxy) is 2. The van der Waals surface area contributed by atoms with E-state index in [0.717, 1.165) is 0 Å². The Labute approximate surface area is 125 Å². The van der Waals surface area contributed by atoms with Crippen molar-refractivity contribution >= 4 is 5.82 Å². The molecule has 2 aromatic rings. The minimum Gasteiger partial charge on any atom is -0.489 e. The summed E-state index contributed by atoms with van der Waals surface area (Å²) < 4.78 is 11.1. The first kappa shape index (κ1) is 15.1. The molecule has 0 radical (unpaired) electrons. The third kappa shape index (κ3) is 3.42. The smallest absolute Gasteiger partial charge is 0.268 e. The highest BCUT2D eigenvalue weighted by atomic mass is 16.5. The second kappa shape index (κ2) is 5.99. The van der Waals surface area contributed by atoms with Crippen LogP contribution in [0.2, 0.25) is 0 Å². The summed E-state index contributed by atoms with van der Waals surface area (Å²) in [6, 6.07) is 7.98. The second-order valence-electron chi connectivity index (χ2n) is 5.69. The Hall–Kier alpha value is -2.30. The van der Waals surface area contributed by atoms with Crippen LogP contribution in [0, 0.1) is 0 Å². The standard InChI is InChI=1S/C16H21N3O2/c1-16(2,3)11-6-8-12(9-7-11)21-15-13(20-5)14(17-4)18-10-19-15/h6-10H,1-5H3,(H,17,18,19). The summed E-state index contributed by atoms with van der Waals surface area (Å²) >= 11 is 0. The molecule has 0 fully saturated rings. The van der Waals surface area contributed by atoms with Crippen molar-refractivity contribution in [3.8, 4) is 17.4 Å². The van der Waals surface area contributed by atoms with Gasteiger partial charge in [-0.2, -0.15) is 4.98 Å². The molecule has 1 N–H and O–H groups in total. The summed E-state index contributed by atoms with van der Waals surface area (Å²) in [5.41, 5.74) is 1.37. The Bertz CT molecular complexity index is 604. The van der Waals surface area contributed by atoms with Crippen molar-refractivity contribution in [3.05, 3.63) is 36.2 Å². The van der Waals surface area contributed by atoms with Crippen molar-refractivity contribution in [1.29, 1.82) is 0 Å². The van der Waals surface area contributed by atoms with Crippen LogP contribution in [0.1, 0.15) is 26.3 Å². The molecule has 0 saturated heterocycles. The van der Waals surface area contributed by atoms with Crippen molar-refractivity contribution in [3.63, 3.8) is 0 Å². The average Bonchev–Trinajstić information content (AvgIpc) is 2.46. The molecule has 5 heteroatoms. The number of hydrogen-bond donors (Lipinski definition) is 1. The number of rotatable bonds is 4. The van der Waals surface area contributed by atoms with E-state index < -0.39 is 0 Å². The van der Waals surface area contributed by atoms with Crippen molar-refractivity contribution in [2.75, 3.05) is 19.5 Å².